The molecule has 0 radical (unpaired) electrons. The van der Waals surface area contributed by atoms with E-state index in [4.69, 9.17) is 15.2 Å². The van der Waals surface area contributed by atoms with Crippen LogP contribution in [-0.2, 0) is 5.54 Å². The lowest BCUT2D eigenvalue weighted by molar-refractivity contribution is 0.289. The van der Waals surface area contributed by atoms with Crippen LogP contribution in [0.5, 0.6) is 11.5 Å². The summed E-state index contributed by atoms with van der Waals surface area (Å²) in [4.78, 5) is 0. The summed E-state index contributed by atoms with van der Waals surface area (Å²) in [5.74, 6) is 1.68. The normalized spacial score (nSPS) is 25.9. The van der Waals surface area contributed by atoms with Crippen molar-refractivity contribution in [2.45, 2.75) is 51.5 Å². The minimum atomic E-state index is -0.355. The molecule has 0 saturated heterocycles. The van der Waals surface area contributed by atoms with Crippen LogP contribution >= 0.6 is 0 Å². The molecule has 3 nitrogen and oxygen atoms in total. The zero-order valence-electron chi connectivity index (χ0n) is 13.2. The molecular formula is C17H27NO2. The lowest BCUT2D eigenvalue weighted by Gasteiger charge is -2.32. The lowest BCUT2D eigenvalue weighted by Crippen LogP contribution is -2.37. The van der Waals surface area contributed by atoms with Crippen LogP contribution < -0.4 is 15.2 Å². The standard InChI is InChI=1S/C17H27NO2/c1-16(2)9-6-10-17(18,12-11-16)15-13(19-3)7-5-8-14(15)20-4/h5,7-8H,6,9-12,18H2,1-4H3. The predicted octanol–water partition coefficient (Wildman–Crippen LogP) is 3.85. The van der Waals surface area contributed by atoms with Crippen LogP contribution in [0.2, 0.25) is 0 Å². The van der Waals surface area contributed by atoms with Gasteiger partial charge in [-0.3, -0.25) is 0 Å². The van der Waals surface area contributed by atoms with Crippen molar-refractivity contribution in [2.75, 3.05) is 14.2 Å². The summed E-state index contributed by atoms with van der Waals surface area (Å²) in [5.41, 5.74) is 7.84. The second-order valence-corrected chi connectivity index (χ2v) is 6.71. The molecule has 0 bridgehead atoms. The minimum absolute atomic E-state index is 0.355. The molecule has 3 heteroatoms. The molecule has 0 amide bonds. The maximum absolute atomic E-state index is 6.79. The molecule has 0 aliphatic heterocycles. The van der Waals surface area contributed by atoms with Gasteiger partial charge in [0.05, 0.1) is 19.8 Å². The average Bonchev–Trinajstić information content (AvgIpc) is 2.57. The Balaban J connectivity index is 2.43. The van der Waals surface area contributed by atoms with E-state index < -0.39 is 0 Å². The van der Waals surface area contributed by atoms with E-state index >= 15 is 0 Å². The van der Waals surface area contributed by atoms with Crippen LogP contribution in [0.25, 0.3) is 0 Å². The Labute approximate surface area is 122 Å². The van der Waals surface area contributed by atoms with E-state index in [-0.39, 0.29) is 5.54 Å². The van der Waals surface area contributed by atoms with E-state index in [0.29, 0.717) is 5.41 Å². The van der Waals surface area contributed by atoms with Gasteiger partial charge >= 0.3 is 0 Å². The van der Waals surface area contributed by atoms with Gasteiger partial charge in [0.25, 0.3) is 0 Å². The SMILES string of the molecule is COc1cccc(OC)c1C1(N)CCCC(C)(C)CC1. The second-order valence-electron chi connectivity index (χ2n) is 6.71. The van der Waals surface area contributed by atoms with Gasteiger partial charge in [-0.2, -0.15) is 0 Å². The van der Waals surface area contributed by atoms with Gasteiger partial charge in [0, 0.05) is 5.54 Å². The second kappa shape index (κ2) is 5.65. The molecule has 20 heavy (non-hydrogen) atoms. The zero-order valence-corrected chi connectivity index (χ0v) is 13.2. The van der Waals surface area contributed by atoms with Crippen LogP contribution in [0.15, 0.2) is 18.2 Å². The van der Waals surface area contributed by atoms with Crippen molar-refractivity contribution in [3.05, 3.63) is 23.8 Å². The summed E-state index contributed by atoms with van der Waals surface area (Å²) in [7, 11) is 3.39. The van der Waals surface area contributed by atoms with Crippen LogP contribution in [0.3, 0.4) is 0 Å². The number of hydrogen-bond acceptors (Lipinski definition) is 3. The fourth-order valence-electron chi connectivity index (χ4n) is 3.29. The van der Waals surface area contributed by atoms with Gasteiger partial charge < -0.3 is 15.2 Å². The molecule has 2 rings (SSSR count). The van der Waals surface area contributed by atoms with E-state index in [1.807, 2.05) is 18.2 Å². The van der Waals surface area contributed by atoms with Crippen LogP contribution in [-0.4, -0.2) is 14.2 Å². The molecule has 0 spiro atoms. The number of hydrogen-bond donors (Lipinski definition) is 1. The molecule has 1 aromatic rings. The van der Waals surface area contributed by atoms with Crippen molar-refractivity contribution < 1.29 is 9.47 Å². The highest BCUT2D eigenvalue weighted by Crippen LogP contribution is 2.46. The van der Waals surface area contributed by atoms with Crippen LogP contribution in [0, 0.1) is 5.41 Å². The van der Waals surface area contributed by atoms with Gasteiger partial charge in [-0.05, 0) is 43.2 Å². The zero-order chi connectivity index (χ0) is 14.8. The predicted molar refractivity (Wildman–Crippen MR) is 82.3 cm³/mol. The Hall–Kier alpha value is -1.22. The van der Waals surface area contributed by atoms with E-state index in [1.165, 1.54) is 6.42 Å². The van der Waals surface area contributed by atoms with Gasteiger partial charge in [-0.1, -0.05) is 26.3 Å². The first-order valence-corrected chi connectivity index (χ1v) is 7.42. The lowest BCUT2D eigenvalue weighted by atomic mass is 9.80. The minimum Gasteiger partial charge on any atom is -0.496 e. The summed E-state index contributed by atoms with van der Waals surface area (Å²) in [6.07, 6.45) is 5.45. The van der Waals surface area contributed by atoms with Crippen molar-refractivity contribution in [1.82, 2.24) is 0 Å². The Morgan fingerprint density at radius 2 is 1.55 bits per heavy atom. The Morgan fingerprint density at radius 3 is 2.10 bits per heavy atom. The first-order chi connectivity index (χ1) is 9.42. The topological polar surface area (TPSA) is 44.5 Å². The van der Waals surface area contributed by atoms with Gasteiger partial charge in [-0.25, -0.2) is 0 Å². The number of benzene rings is 1. The van der Waals surface area contributed by atoms with Crippen LogP contribution in [0.1, 0.15) is 51.5 Å². The Kier molecular flexibility index (Phi) is 4.28. The molecule has 1 fully saturated rings. The maximum atomic E-state index is 6.79. The highest BCUT2D eigenvalue weighted by Gasteiger charge is 2.37. The summed E-state index contributed by atoms with van der Waals surface area (Å²) in [5, 5.41) is 0. The number of methoxy groups -OCH3 is 2. The molecule has 0 aromatic heterocycles. The van der Waals surface area contributed by atoms with Gasteiger partial charge in [0.15, 0.2) is 0 Å². The van der Waals surface area contributed by atoms with E-state index in [0.717, 1.165) is 42.7 Å². The number of nitrogens with two attached hydrogens (primary N) is 1. The quantitative estimate of drug-likeness (QED) is 0.854. The smallest absolute Gasteiger partial charge is 0.127 e. The van der Waals surface area contributed by atoms with Crippen molar-refractivity contribution in [3.63, 3.8) is 0 Å². The Bertz CT molecular complexity index is 448. The molecule has 1 atom stereocenters. The van der Waals surface area contributed by atoms with Crippen molar-refractivity contribution in [2.24, 2.45) is 11.1 Å². The van der Waals surface area contributed by atoms with Crippen molar-refractivity contribution in [1.29, 1.82) is 0 Å². The number of rotatable bonds is 3. The molecule has 1 aliphatic rings. The number of ether oxygens (including phenoxy) is 2. The first kappa shape index (κ1) is 15.2. The fraction of sp³-hybridized carbons (Fsp3) is 0.647. The molecule has 2 N–H and O–H groups in total. The maximum Gasteiger partial charge on any atom is 0.127 e. The highest BCUT2D eigenvalue weighted by molar-refractivity contribution is 5.49. The summed E-state index contributed by atoms with van der Waals surface area (Å²) in [6, 6.07) is 5.90. The monoisotopic (exact) mass is 277 g/mol. The van der Waals surface area contributed by atoms with Crippen LogP contribution in [0.4, 0.5) is 0 Å². The molecular weight excluding hydrogens is 250 g/mol. The van der Waals surface area contributed by atoms with E-state index in [9.17, 15) is 0 Å². The first-order valence-electron chi connectivity index (χ1n) is 7.42. The third kappa shape index (κ3) is 2.93. The van der Waals surface area contributed by atoms with E-state index in [2.05, 4.69) is 13.8 Å². The van der Waals surface area contributed by atoms with E-state index in [1.54, 1.807) is 14.2 Å². The van der Waals surface area contributed by atoms with Gasteiger partial charge in [0.1, 0.15) is 11.5 Å². The highest BCUT2D eigenvalue weighted by atomic mass is 16.5. The largest absolute Gasteiger partial charge is 0.496 e. The van der Waals surface area contributed by atoms with Crippen molar-refractivity contribution >= 4 is 0 Å². The fourth-order valence-corrected chi connectivity index (χ4v) is 3.29. The molecule has 1 saturated carbocycles. The molecule has 1 aliphatic carbocycles. The summed E-state index contributed by atoms with van der Waals surface area (Å²) in [6.45, 7) is 4.66. The summed E-state index contributed by atoms with van der Waals surface area (Å²) < 4.78 is 11.1. The average molecular weight is 277 g/mol. The van der Waals surface area contributed by atoms with Gasteiger partial charge in [-0.15, -0.1) is 0 Å². The molecule has 1 unspecified atom stereocenters. The third-order valence-corrected chi connectivity index (χ3v) is 4.65. The summed E-state index contributed by atoms with van der Waals surface area (Å²) >= 11 is 0. The van der Waals surface area contributed by atoms with Crippen molar-refractivity contribution in [3.8, 4) is 11.5 Å². The third-order valence-electron chi connectivity index (χ3n) is 4.65. The molecule has 0 heterocycles. The van der Waals surface area contributed by atoms with Gasteiger partial charge in [0.2, 0.25) is 0 Å². The molecule has 1 aromatic carbocycles. The Morgan fingerprint density at radius 1 is 0.950 bits per heavy atom. The molecule has 112 valence electrons.